The van der Waals surface area contributed by atoms with Crippen molar-refractivity contribution in [3.05, 3.63) is 34.9 Å². The van der Waals surface area contributed by atoms with Gasteiger partial charge in [0.15, 0.2) is 0 Å². The van der Waals surface area contributed by atoms with Crippen LogP contribution in [0.5, 0.6) is 0 Å². The number of piperidine rings is 1. The molecule has 110 valence electrons. The van der Waals surface area contributed by atoms with Crippen LogP contribution in [0.3, 0.4) is 0 Å². The second-order valence-corrected chi connectivity index (χ2v) is 5.85. The van der Waals surface area contributed by atoms with E-state index in [4.69, 9.17) is 16.3 Å². The van der Waals surface area contributed by atoms with Crippen LogP contribution < -0.4 is 0 Å². The summed E-state index contributed by atoms with van der Waals surface area (Å²) in [5.74, 6) is 0.905. The number of nitrogens with zero attached hydrogens (tertiary/aromatic N) is 1. The van der Waals surface area contributed by atoms with Crippen LogP contribution in [0.2, 0.25) is 5.02 Å². The molecule has 1 saturated heterocycles. The van der Waals surface area contributed by atoms with E-state index in [2.05, 4.69) is 0 Å². The molecule has 4 heteroatoms. The third-order valence-corrected chi connectivity index (χ3v) is 4.18. The molecule has 1 aliphatic rings. The average molecular weight is 296 g/mol. The van der Waals surface area contributed by atoms with Gasteiger partial charge in [-0.15, -0.1) is 0 Å². The summed E-state index contributed by atoms with van der Waals surface area (Å²) in [6, 6.07) is 7.54. The number of halogens is 1. The first-order valence-electron chi connectivity index (χ1n) is 7.20. The molecule has 0 aliphatic carbocycles. The van der Waals surface area contributed by atoms with E-state index in [0.29, 0.717) is 17.4 Å². The highest BCUT2D eigenvalue weighted by Gasteiger charge is 2.22. The van der Waals surface area contributed by atoms with E-state index >= 15 is 0 Å². The van der Waals surface area contributed by atoms with Gasteiger partial charge in [0.1, 0.15) is 0 Å². The van der Waals surface area contributed by atoms with Crippen LogP contribution in [0.4, 0.5) is 0 Å². The Kier molecular flexibility index (Phi) is 5.86. The molecule has 2 rings (SSSR count). The molecule has 3 nitrogen and oxygen atoms in total. The topological polar surface area (TPSA) is 29.5 Å². The lowest BCUT2D eigenvalue weighted by atomic mass is 9.93. The molecule has 0 aromatic heterocycles. The lowest BCUT2D eigenvalue weighted by molar-refractivity contribution is -0.131. The number of rotatable bonds is 5. The predicted octanol–water partition coefficient (Wildman–Crippen LogP) is 3.16. The SMILES string of the molecule is COCCC1CCN(C(=O)Cc2cccc(Cl)c2)CC1. The number of methoxy groups -OCH3 is 1. The number of amides is 1. The van der Waals surface area contributed by atoms with Crippen molar-refractivity contribution in [3.8, 4) is 0 Å². The van der Waals surface area contributed by atoms with Gasteiger partial charge in [-0.3, -0.25) is 4.79 Å². The van der Waals surface area contributed by atoms with E-state index in [1.807, 2.05) is 29.2 Å². The molecule has 0 atom stereocenters. The van der Waals surface area contributed by atoms with Crippen LogP contribution >= 0.6 is 11.6 Å². The summed E-state index contributed by atoms with van der Waals surface area (Å²) in [4.78, 5) is 14.2. The standard InChI is InChI=1S/C16H22ClNO2/c1-20-10-7-13-5-8-18(9-6-13)16(19)12-14-3-2-4-15(17)11-14/h2-4,11,13H,5-10,12H2,1H3. The third-order valence-electron chi connectivity index (χ3n) is 3.94. The van der Waals surface area contributed by atoms with Crippen LogP contribution in [0.15, 0.2) is 24.3 Å². The number of hydrogen-bond donors (Lipinski definition) is 0. The molecular weight excluding hydrogens is 274 g/mol. The number of carbonyl (C=O) groups is 1. The summed E-state index contributed by atoms with van der Waals surface area (Å²) in [5.41, 5.74) is 0.990. The average Bonchev–Trinajstić information content (AvgIpc) is 2.45. The van der Waals surface area contributed by atoms with Gasteiger partial charge in [0.05, 0.1) is 6.42 Å². The van der Waals surface area contributed by atoms with E-state index in [1.165, 1.54) is 0 Å². The van der Waals surface area contributed by atoms with Gasteiger partial charge in [-0.05, 0) is 42.9 Å². The molecule has 1 aromatic rings. The zero-order valence-electron chi connectivity index (χ0n) is 12.0. The lowest BCUT2D eigenvalue weighted by Gasteiger charge is -2.32. The number of benzene rings is 1. The summed E-state index contributed by atoms with van der Waals surface area (Å²) < 4.78 is 5.12. The zero-order valence-corrected chi connectivity index (χ0v) is 12.7. The maximum Gasteiger partial charge on any atom is 0.226 e. The fourth-order valence-electron chi connectivity index (χ4n) is 2.69. The number of carbonyl (C=O) groups excluding carboxylic acids is 1. The second kappa shape index (κ2) is 7.65. The Morgan fingerprint density at radius 1 is 1.40 bits per heavy atom. The van der Waals surface area contributed by atoms with Gasteiger partial charge in [0.25, 0.3) is 0 Å². The van der Waals surface area contributed by atoms with Gasteiger partial charge in [0, 0.05) is 31.8 Å². The summed E-state index contributed by atoms with van der Waals surface area (Å²) in [6.45, 7) is 2.56. The Morgan fingerprint density at radius 3 is 2.80 bits per heavy atom. The Hall–Kier alpha value is -1.06. The summed E-state index contributed by atoms with van der Waals surface area (Å²) in [5, 5.41) is 0.688. The van der Waals surface area contributed by atoms with Crippen LogP contribution in [0.1, 0.15) is 24.8 Å². The van der Waals surface area contributed by atoms with Gasteiger partial charge >= 0.3 is 0 Å². The second-order valence-electron chi connectivity index (χ2n) is 5.41. The van der Waals surface area contributed by atoms with Crippen molar-refractivity contribution in [2.24, 2.45) is 5.92 Å². The van der Waals surface area contributed by atoms with Gasteiger partial charge < -0.3 is 9.64 Å². The quantitative estimate of drug-likeness (QED) is 0.835. The fraction of sp³-hybridized carbons (Fsp3) is 0.562. The van der Waals surface area contributed by atoms with Gasteiger partial charge in [-0.1, -0.05) is 23.7 Å². The molecule has 1 amide bonds. The van der Waals surface area contributed by atoms with E-state index in [9.17, 15) is 4.79 Å². The van der Waals surface area contributed by atoms with Gasteiger partial charge in [-0.2, -0.15) is 0 Å². The van der Waals surface area contributed by atoms with Gasteiger partial charge in [-0.25, -0.2) is 0 Å². The minimum absolute atomic E-state index is 0.206. The Morgan fingerprint density at radius 2 is 2.15 bits per heavy atom. The van der Waals surface area contributed by atoms with Crippen molar-refractivity contribution in [1.29, 1.82) is 0 Å². The molecule has 0 saturated carbocycles. The number of ether oxygens (including phenoxy) is 1. The fourth-order valence-corrected chi connectivity index (χ4v) is 2.90. The first kappa shape index (κ1) is 15.3. The Balaban J connectivity index is 1.80. The van der Waals surface area contributed by atoms with Crippen LogP contribution in [0, 0.1) is 5.92 Å². The lowest BCUT2D eigenvalue weighted by Crippen LogP contribution is -2.39. The van der Waals surface area contributed by atoms with E-state index in [1.54, 1.807) is 7.11 Å². The molecule has 0 spiro atoms. The molecule has 1 aliphatic heterocycles. The number of hydrogen-bond acceptors (Lipinski definition) is 2. The predicted molar refractivity (Wildman–Crippen MR) is 81.0 cm³/mol. The molecule has 0 unspecified atom stereocenters. The molecule has 20 heavy (non-hydrogen) atoms. The van der Waals surface area contributed by atoms with Crippen LogP contribution in [-0.2, 0) is 16.0 Å². The molecule has 0 radical (unpaired) electrons. The first-order chi connectivity index (χ1) is 9.69. The van der Waals surface area contributed by atoms with Crippen molar-refractivity contribution < 1.29 is 9.53 Å². The van der Waals surface area contributed by atoms with E-state index in [0.717, 1.165) is 44.5 Å². The minimum Gasteiger partial charge on any atom is -0.385 e. The van der Waals surface area contributed by atoms with Crippen molar-refractivity contribution in [2.45, 2.75) is 25.7 Å². The summed E-state index contributed by atoms with van der Waals surface area (Å²) in [7, 11) is 1.74. The van der Waals surface area contributed by atoms with Gasteiger partial charge in [0.2, 0.25) is 5.91 Å². The van der Waals surface area contributed by atoms with Crippen molar-refractivity contribution in [1.82, 2.24) is 4.90 Å². The maximum atomic E-state index is 12.3. The largest absolute Gasteiger partial charge is 0.385 e. The van der Waals surface area contributed by atoms with Crippen molar-refractivity contribution >= 4 is 17.5 Å². The monoisotopic (exact) mass is 295 g/mol. The molecule has 1 aromatic carbocycles. The van der Waals surface area contributed by atoms with E-state index < -0.39 is 0 Å². The van der Waals surface area contributed by atoms with Crippen LogP contribution in [-0.4, -0.2) is 37.6 Å². The van der Waals surface area contributed by atoms with Crippen molar-refractivity contribution in [2.75, 3.05) is 26.8 Å². The molecule has 0 N–H and O–H groups in total. The molecular formula is C16H22ClNO2. The Bertz CT molecular complexity index is 442. The summed E-state index contributed by atoms with van der Waals surface area (Å²) in [6.07, 6.45) is 3.73. The third kappa shape index (κ3) is 4.50. The van der Waals surface area contributed by atoms with Crippen molar-refractivity contribution in [3.63, 3.8) is 0 Å². The smallest absolute Gasteiger partial charge is 0.226 e. The minimum atomic E-state index is 0.206. The Labute approximate surface area is 125 Å². The molecule has 1 heterocycles. The first-order valence-corrected chi connectivity index (χ1v) is 7.58. The maximum absolute atomic E-state index is 12.3. The normalized spacial score (nSPS) is 16.4. The molecule has 1 fully saturated rings. The highest BCUT2D eigenvalue weighted by molar-refractivity contribution is 6.30. The molecule has 0 bridgehead atoms. The van der Waals surface area contributed by atoms with E-state index in [-0.39, 0.29) is 5.91 Å². The highest BCUT2D eigenvalue weighted by Crippen LogP contribution is 2.21. The number of likely N-dealkylation sites (tertiary alicyclic amines) is 1. The highest BCUT2D eigenvalue weighted by atomic mass is 35.5. The van der Waals surface area contributed by atoms with Crippen LogP contribution in [0.25, 0.3) is 0 Å². The summed E-state index contributed by atoms with van der Waals surface area (Å²) >= 11 is 5.94. The zero-order chi connectivity index (χ0) is 14.4.